The molecule has 0 amide bonds. The Kier molecular flexibility index (Phi) is 5.55. The summed E-state index contributed by atoms with van der Waals surface area (Å²) in [6.07, 6.45) is 4.17. The normalized spacial score (nSPS) is 23.4. The van der Waals surface area contributed by atoms with Crippen molar-refractivity contribution in [2.24, 2.45) is 0 Å². The highest BCUT2D eigenvalue weighted by molar-refractivity contribution is 6.30. The van der Waals surface area contributed by atoms with Crippen LogP contribution in [0.4, 0.5) is 0 Å². The molecule has 1 aromatic heterocycles. The zero-order chi connectivity index (χ0) is 17.9. The molecule has 1 N–H and O–H groups in total. The number of aliphatic hydroxyl groups is 1. The monoisotopic (exact) mass is 376 g/mol. The van der Waals surface area contributed by atoms with Gasteiger partial charge < -0.3 is 9.63 Å². The number of likely N-dealkylation sites (tertiary alicyclic amines) is 2. The van der Waals surface area contributed by atoms with Crippen molar-refractivity contribution in [3.8, 4) is 11.4 Å². The van der Waals surface area contributed by atoms with Gasteiger partial charge in [0.15, 0.2) is 0 Å². The smallest absolute Gasteiger partial charge is 0.241 e. The maximum absolute atomic E-state index is 9.88. The van der Waals surface area contributed by atoms with Crippen LogP contribution < -0.4 is 0 Å². The molecule has 2 saturated heterocycles. The Morgan fingerprint density at radius 2 is 1.88 bits per heavy atom. The van der Waals surface area contributed by atoms with Crippen molar-refractivity contribution in [3.05, 3.63) is 35.2 Å². The molecule has 0 bridgehead atoms. The Balaban J connectivity index is 1.30. The van der Waals surface area contributed by atoms with Crippen LogP contribution in [0.5, 0.6) is 0 Å². The van der Waals surface area contributed by atoms with Crippen LogP contribution in [0.3, 0.4) is 0 Å². The van der Waals surface area contributed by atoms with Crippen molar-refractivity contribution in [2.75, 3.05) is 26.2 Å². The summed E-state index contributed by atoms with van der Waals surface area (Å²) in [5, 5.41) is 14.7. The molecule has 0 radical (unpaired) electrons. The summed E-state index contributed by atoms with van der Waals surface area (Å²) in [5.74, 6) is 1.26. The minimum Gasteiger partial charge on any atom is -0.392 e. The Morgan fingerprint density at radius 3 is 2.62 bits per heavy atom. The molecule has 2 aromatic rings. The van der Waals surface area contributed by atoms with Crippen molar-refractivity contribution < 1.29 is 9.63 Å². The van der Waals surface area contributed by atoms with E-state index in [9.17, 15) is 5.11 Å². The van der Waals surface area contributed by atoms with Gasteiger partial charge in [-0.25, -0.2) is 0 Å². The summed E-state index contributed by atoms with van der Waals surface area (Å²) in [7, 11) is 0. The molecule has 2 fully saturated rings. The number of hydrogen-bond acceptors (Lipinski definition) is 6. The summed E-state index contributed by atoms with van der Waals surface area (Å²) < 4.78 is 5.43. The van der Waals surface area contributed by atoms with Gasteiger partial charge in [0, 0.05) is 36.3 Å². The van der Waals surface area contributed by atoms with E-state index < -0.39 is 0 Å². The molecule has 7 heteroatoms. The molecule has 0 aliphatic carbocycles. The van der Waals surface area contributed by atoms with E-state index in [2.05, 4.69) is 19.9 Å². The lowest BCUT2D eigenvalue weighted by Gasteiger charge is -2.41. The number of aromatic nitrogens is 2. The van der Waals surface area contributed by atoms with Crippen molar-refractivity contribution in [2.45, 2.75) is 44.4 Å². The van der Waals surface area contributed by atoms with Crippen LogP contribution in [-0.2, 0) is 6.54 Å². The first kappa shape index (κ1) is 17.9. The second-order valence-corrected chi connectivity index (χ2v) is 7.75. The lowest BCUT2D eigenvalue weighted by Crippen LogP contribution is -2.49. The molecular formula is C19H25ClN4O2. The van der Waals surface area contributed by atoms with Crippen LogP contribution in [0.25, 0.3) is 11.4 Å². The van der Waals surface area contributed by atoms with E-state index in [1.807, 2.05) is 24.3 Å². The fourth-order valence-electron chi connectivity index (χ4n) is 3.98. The molecule has 1 atom stereocenters. The molecule has 0 saturated carbocycles. The topological polar surface area (TPSA) is 65.6 Å². The predicted octanol–water partition coefficient (Wildman–Crippen LogP) is 2.81. The molecule has 140 valence electrons. The highest BCUT2D eigenvalue weighted by Gasteiger charge is 2.28. The average molecular weight is 377 g/mol. The minimum atomic E-state index is -0.147. The molecular weight excluding hydrogens is 352 g/mol. The second-order valence-electron chi connectivity index (χ2n) is 7.32. The maximum atomic E-state index is 9.88. The van der Waals surface area contributed by atoms with E-state index >= 15 is 0 Å². The van der Waals surface area contributed by atoms with Crippen molar-refractivity contribution in [1.82, 2.24) is 19.9 Å². The molecule has 1 aromatic carbocycles. The van der Waals surface area contributed by atoms with E-state index in [1.54, 1.807) is 0 Å². The van der Waals surface area contributed by atoms with Gasteiger partial charge in [-0.05, 0) is 56.5 Å². The number of hydrogen-bond donors (Lipinski definition) is 1. The third-order valence-corrected chi connectivity index (χ3v) is 5.68. The molecule has 0 unspecified atom stereocenters. The lowest BCUT2D eigenvalue weighted by molar-refractivity contribution is 0.0231. The van der Waals surface area contributed by atoms with Crippen LogP contribution in [0.2, 0.25) is 5.02 Å². The van der Waals surface area contributed by atoms with E-state index in [-0.39, 0.29) is 6.10 Å². The number of piperidine rings is 2. The van der Waals surface area contributed by atoms with Crippen LogP contribution in [0.15, 0.2) is 28.8 Å². The molecule has 4 rings (SSSR count). The quantitative estimate of drug-likeness (QED) is 0.885. The number of benzene rings is 1. The number of rotatable bonds is 4. The van der Waals surface area contributed by atoms with Crippen molar-refractivity contribution in [3.63, 3.8) is 0 Å². The largest absolute Gasteiger partial charge is 0.392 e. The average Bonchev–Trinajstić information content (AvgIpc) is 3.11. The molecule has 3 heterocycles. The third-order valence-electron chi connectivity index (χ3n) is 5.43. The number of β-amino-alcohol motifs (C(OH)–C–C–N with tert-alkyl or cyclic N) is 1. The predicted molar refractivity (Wildman–Crippen MR) is 99.9 cm³/mol. The van der Waals surface area contributed by atoms with Gasteiger partial charge in [-0.3, -0.25) is 9.80 Å². The fraction of sp³-hybridized carbons (Fsp3) is 0.579. The summed E-state index contributed by atoms with van der Waals surface area (Å²) >= 11 is 5.92. The third kappa shape index (κ3) is 4.26. The highest BCUT2D eigenvalue weighted by Crippen LogP contribution is 2.23. The summed E-state index contributed by atoms with van der Waals surface area (Å²) in [5.41, 5.74) is 0.909. The van der Waals surface area contributed by atoms with Gasteiger partial charge in [0.1, 0.15) is 0 Å². The first-order valence-corrected chi connectivity index (χ1v) is 9.78. The number of nitrogens with zero attached hydrogens (tertiary/aromatic N) is 4. The van der Waals surface area contributed by atoms with Gasteiger partial charge >= 0.3 is 0 Å². The van der Waals surface area contributed by atoms with Crippen molar-refractivity contribution >= 4 is 11.6 Å². The molecule has 6 nitrogen and oxygen atoms in total. The van der Waals surface area contributed by atoms with Crippen LogP contribution in [0.1, 0.15) is 31.6 Å². The Bertz CT molecular complexity index is 713. The summed E-state index contributed by atoms with van der Waals surface area (Å²) in [6.45, 7) is 4.69. The van der Waals surface area contributed by atoms with Gasteiger partial charge in [0.25, 0.3) is 0 Å². The lowest BCUT2D eigenvalue weighted by atomic mass is 9.99. The number of aliphatic hydroxyl groups excluding tert-OH is 1. The Morgan fingerprint density at radius 1 is 1.12 bits per heavy atom. The Labute approximate surface area is 158 Å². The fourth-order valence-corrected chi connectivity index (χ4v) is 4.11. The first-order valence-electron chi connectivity index (χ1n) is 9.40. The molecule has 0 spiro atoms. The zero-order valence-electron chi connectivity index (χ0n) is 14.9. The van der Waals surface area contributed by atoms with Gasteiger partial charge in [-0.1, -0.05) is 16.8 Å². The van der Waals surface area contributed by atoms with Gasteiger partial charge in [0.2, 0.25) is 11.7 Å². The van der Waals surface area contributed by atoms with E-state index in [4.69, 9.17) is 16.1 Å². The molecule has 2 aliphatic rings. The first-order chi connectivity index (χ1) is 12.7. The summed E-state index contributed by atoms with van der Waals surface area (Å²) in [4.78, 5) is 9.36. The standard InChI is InChI=1S/C19H25ClN4O2/c20-15-5-3-14(4-6-15)19-21-18(26-22-19)13-23-10-7-16(8-11-23)24-9-1-2-17(25)12-24/h3-6,16-17,25H,1-2,7-13H2/t17-/m0/s1. The van der Waals surface area contributed by atoms with Crippen LogP contribution in [0, 0.1) is 0 Å². The maximum Gasteiger partial charge on any atom is 0.241 e. The van der Waals surface area contributed by atoms with E-state index in [0.29, 0.717) is 29.3 Å². The summed E-state index contributed by atoms with van der Waals surface area (Å²) in [6, 6.07) is 8.05. The molecule has 2 aliphatic heterocycles. The van der Waals surface area contributed by atoms with Crippen molar-refractivity contribution in [1.29, 1.82) is 0 Å². The van der Waals surface area contributed by atoms with E-state index in [0.717, 1.165) is 57.4 Å². The second kappa shape index (κ2) is 8.05. The molecule has 26 heavy (non-hydrogen) atoms. The Hall–Kier alpha value is -1.47. The van der Waals surface area contributed by atoms with E-state index in [1.165, 1.54) is 0 Å². The van der Waals surface area contributed by atoms with Gasteiger partial charge in [-0.2, -0.15) is 4.98 Å². The van der Waals surface area contributed by atoms with Gasteiger partial charge in [0.05, 0.1) is 12.6 Å². The SMILES string of the molecule is O[C@H]1CCCN(C2CCN(Cc3nc(-c4ccc(Cl)cc4)no3)CC2)C1. The number of halogens is 1. The zero-order valence-corrected chi connectivity index (χ0v) is 15.6. The highest BCUT2D eigenvalue weighted by atomic mass is 35.5. The van der Waals surface area contributed by atoms with Gasteiger partial charge in [-0.15, -0.1) is 0 Å². The minimum absolute atomic E-state index is 0.147. The van der Waals surface area contributed by atoms with Crippen LogP contribution in [-0.4, -0.2) is 63.4 Å². The van der Waals surface area contributed by atoms with Crippen LogP contribution >= 0.6 is 11.6 Å².